The van der Waals surface area contributed by atoms with Crippen LogP contribution in [0.5, 0.6) is 17.2 Å². The summed E-state index contributed by atoms with van der Waals surface area (Å²) in [6.45, 7) is 0. The molecule has 1 amide bonds. The molecule has 0 aliphatic heterocycles. The highest BCUT2D eigenvalue weighted by Gasteiger charge is 2.18. The average molecular weight is 629 g/mol. The van der Waals surface area contributed by atoms with Crippen LogP contribution in [0.15, 0.2) is 71.2 Å². The summed E-state index contributed by atoms with van der Waals surface area (Å²) in [4.78, 5) is 12.9. The second-order valence-electron chi connectivity index (χ2n) is 6.58. The van der Waals surface area contributed by atoms with Gasteiger partial charge in [0.1, 0.15) is 11.5 Å². The second-order valence-corrected chi connectivity index (χ2v) is 9.41. The molecule has 31 heavy (non-hydrogen) atoms. The Morgan fingerprint density at radius 2 is 1.71 bits per heavy atom. The number of carbonyl (C=O) groups excluding carboxylic acids is 1. The van der Waals surface area contributed by atoms with Crippen molar-refractivity contribution < 1.29 is 14.6 Å². The molecule has 0 radical (unpaired) electrons. The molecule has 0 aliphatic carbocycles. The first-order valence-electron chi connectivity index (χ1n) is 8.97. The molecule has 0 heterocycles. The van der Waals surface area contributed by atoms with Gasteiger partial charge in [-0.3, -0.25) is 4.79 Å². The van der Waals surface area contributed by atoms with Gasteiger partial charge < -0.3 is 15.2 Å². The van der Waals surface area contributed by atoms with Crippen molar-refractivity contribution in [1.29, 1.82) is 0 Å². The largest absolute Gasteiger partial charge is 0.506 e. The maximum Gasteiger partial charge on any atom is 0.259 e. The van der Waals surface area contributed by atoms with E-state index in [2.05, 4.69) is 21.2 Å². The van der Waals surface area contributed by atoms with Gasteiger partial charge in [-0.15, -0.1) is 0 Å². The third kappa shape index (κ3) is 4.77. The number of carbonyl (C=O) groups is 1. The molecule has 4 nitrogen and oxygen atoms in total. The molecule has 156 valence electrons. The van der Waals surface area contributed by atoms with Crippen LogP contribution >= 0.6 is 61.7 Å². The summed E-state index contributed by atoms with van der Waals surface area (Å²) < 4.78 is 7.37. The summed E-state index contributed by atoms with van der Waals surface area (Å²) in [5.41, 5.74) is 0.404. The van der Waals surface area contributed by atoms with Crippen molar-refractivity contribution in [3.05, 3.63) is 90.4 Å². The first kappa shape index (κ1) is 22.2. The number of halogens is 4. The lowest BCUT2D eigenvalue weighted by Crippen LogP contribution is -2.13. The summed E-state index contributed by atoms with van der Waals surface area (Å²) in [6, 6.07) is 19.6. The SMILES string of the molecule is O=C(Nc1cc(Cl)ccc1Oc1ccc2ccccc2c1Br)c1cc(Cl)cc(I)c1O. The highest BCUT2D eigenvalue weighted by atomic mass is 127. The van der Waals surface area contributed by atoms with E-state index < -0.39 is 5.91 Å². The van der Waals surface area contributed by atoms with Crippen molar-refractivity contribution >= 4 is 84.1 Å². The number of rotatable bonds is 4. The Morgan fingerprint density at radius 1 is 0.968 bits per heavy atom. The van der Waals surface area contributed by atoms with Crippen LogP contribution in [0.1, 0.15) is 10.4 Å². The molecule has 4 aromatic carbocycles. The number of benzene rings is 4. The first-order chi connectivity index (χ1) is 14.8. The zero-order valence-electron chi connectivity index (χ0n) is 15.6. The van der Waals surface area contributed by atoms with E-state index in [1.54, 1.807) is 24.3 Å². The van der Waals surface area contributed by atoms with Crippen molar-refractivity contribution in [3.8, 4) is 17.2 Å². The van der Waals surface area contributed by atoms with E-state index in [1.807, 2.05) is 59.0 Å². The van der Waals surface area contributed by atoms with Crippen LogP contribution in [0, 0.1) is 3.57 Å². The Balaban J connectivity index is 1.69. The summed E-state index contributed by atoms with van der Waals surface area (Å²) in [5, 5.41) is 15.9. The zero-order valence-corrected chi connectivity index (χ0v) is 20.9. The van der Waals surface area contributed by atoms with Gasteiger partial charge in [-0.05, 0) is 85.7 Å². The maximum absolute atomic E-state index is 12.9. The molecule has 0 spiro atoms. The van der Waals surface area contributed by atoms with Crippen LogP contribution in [0.4, 0.5) is 5.69 Å². The highest BCUT2D eigenvalue weighted by Crippen LogP contribution is 2.39. The number of anilines is 1. The Bertz CT molecular complexity index is 1330. The van der Waals surface area contributed by atoms with E-state index >= 15 is 0 Å². The fourth-order valence-corrected chi connectivity index (χ4v) is 4.80. The quantitative estimate of drug-likeness (QED) is 0.224. The molecule has 2 N–H and O–H groups in total. The number of hydrogen-bond acceptors (Lipinski definition) is 3. The number of amides is 1. The zero-order chi connectivity index (χ0) is 22.1. The predicted octanol–water partition coefficient (Wildman–Crippen LogP) is 8.26. The van der Waals surface area contributed by atoms with Crippen LogP contribution in [0.2, 0.25) is 10.0 Å². The van der Waals surface area contributed by atoms with Crippen LogP contribution in [-0.2, 0) is 0 Å². The lowest BCUT2D eigenvalue weighted by atomic mass is 10.1. The third-order valence-electron chi connectivity index (χ3n) is 4.51. The van der Waals surface area contributed by atoms with Gasteiger partial charge in [-0.2, -0.15) is 0 Å². The highest BCUT2D eigenvalue weighted by molar-refractivity contribution is 14.1. The van der Waals surface area contributed by atoms with E-state index in [0.29, 0.717) is 30.8 Å². The molecule has 0 atom stereocenters. The number of nitrogens with one attached hydrogen (secondary N) is 1. The van der Waals surface area contributed by atoms with E-state index in [0.717, 1.165) is 15.2 Å². The van der Waals surface area contributed by atoms with Crippen molar-refractivity contribution in [1.82, 2.24) is 0 Å². The fourth-order valence-electron chi connectivity index (χ4n) is 3.03. The Hall–Kier alpha value is -2.00. The van der Waals surface area contributed by atoms with Gasteiger partial charge in [0.05, 0.1) is 19.3 Å². The summed E-state index contributed by atoms with van der Waals surface area (Å²) in [5.74, 6) is 0.286. The fraction of sp³-hybridized carbons (Fsp3) is 0. The normalized spacial score (nSPS) is 10.8. The number of phenolic OH excluding ortho intramolecular Hbond substituents is 1. The number of phenols is 1. The summed E-state index contributed by atoms with van der Waals surface area (Å²) >= 11 is 17.7. The minimum atomic E-state index is -0.539. The van der Waals surface area contributed by atoms with Gasteiger partial charge in [-0.1, -0.05) is 53.5 Å². The van der Waals surface area contributed by atoms with Gasteiger partial charge in [0.2, 0.25) is 0 Å². The van der Waals surface area contributed by atoms with Crippen molar-refractivity contribution in [2.45, 2.75) is 0 Å². The molecular weight excluding hydrogens is 616 g/mol. The Morgan fingerprint density at radius 3 is 2.52 bits per heavy atom. The number of hydrogen-bond donors (Lipinski definition) is 2. The van der Waals surface area contributed by atoms with Gasteiger partial charge >= 0.3 is 0 Å². The molecule has 0 saturated heterocycles. The minimum Gasteiger partial charge on any atom is -0.506 e. The van der Waals surface area contributed by atoms with E-state index in [-0.39, 0.29) is 11.3 Å². The van der Waals surface area contributed by atoms with Gasteiger partial charge in [-0.25, -0.2) is 0 Å². The molecule has 8 heteroatoms. The molecule has 0 bridgehead atoms. The Labute approximate surface area is 210 Å². The van der Waals surface area contributed by atoms with Crippen LogP contribution in [0.3, 0.4) is 0 Å². The summed E-state index contributed by atoms with van der Waals surface area (Å²) in [6.07, 6.45) is 0. The third-order valence-corrected chi connectivity index (χ3v) is 6.60. The summed E-state index contributed by atoms with van der Waals surface area (Å²) in [7, 11) is 0. The van der Waals surface area contributed by atoms with E-state index in [1.165, 1.54) is 6.07 Å². The molecule has 0 fully saturated rings. The Kier molecular flexibility index (Phi) is 6.62. The van der Waals surface area contributed by atoms with Gasteiger partial charge in [0, 0.05) is 10.0 Å². The van der Waals surface area contributed by atoms with Crippen molar-refractivity contribution in [2.75, 3.05) is 5.32 Å². The molecular formula is C23H13BrCl2INO3. The topological polar surface area (TPSA) is 58.6 Å². The van der Waals surface area contributed by atoms with Crippen molar-refractivity contribution in [2.24, 2.45) is 0 Å². The maximum atomic E-state index is 12.9. The van der Waals surface area contributed by atoms with E-state index in [9.17, 15) is 9.90 Å². The van der Waals surface area contributed by atoms with Crippen LogP contribution < -0.4 is 10.1 Å². The smallest absolute Gasteiger partial charge is 0.259 e. The van der Waals surface area contributed by atoms with Crippen molar-refractivity contribution in [3.63, 3.8) is 0 Å². The molecule has 0 aliphatic rings. The molecule has 0 aromatic heterocycles. The minimum absolute atomic E-state index is 0.0507. The van der Waals surface area contributed by atoms with Gasteiger partial charge in [0.25, 0.3) is 5.91 Å². The molecule has 4 rings (SSSR count). The molecule has 4 aromatic rings. The average Bonchev–Trinajstić information content (AvgIpc) is 2.74. The van der Waals surface area contributed by atoms with E-state index in [4.69, 9.17) is 27.9 Å². The molecule has 0 saturated carbocycles. The number of fused-ring (bicyclic) bond motifs is 1. The number of aromatic hydroxyl groups is 1. The van der Waals surface area contributed by atoms with Gasteiger partial charge in [0.15, 0.2) is 5.75 Å². The monoisotopic (exact) mass is 627 g/mol. The lowest BCUT2D eigenvalue weighted by molar-refractivity contribution is 0.102. The van der Waals surface area contributed by atoms with Crippen LogP contribution in [0.25, 0.3) is 10.8 Å². The standard InChI is InChI=1S/C23H13BrCl2INO3/c24-21-15-4-2-1-3-12(15)5-7-20(21)31-19-8-6-13(25)11-18(19)28-23(30)16-9-14(26)10-17(27)22(16)29/h1-11,29H,(H,28,30). The second kappa shape index (κ2) is 9.24. The van der Waals surface area contributed by atoms with Crippen LogP contribution in [-0.4, -0.2) is 11.0 Å². The lowest BCUT2D eigenvalue weighted by Gasteiger charge is -2.15. The predicted molar refractivity (Wildman–Crippen MR) is 137 cm³/mol. The number of ether oxygens (including phenoxy) is 1. The first-order valence-corrected chi connectivity index (χ1v) is 11.6. The molecule has 0 unspecified atom stereocenters.